The second-order valence-electron chi connectivity index (χ2n) is 9.72. The zero-order chi connectivity index (χ0) is 20.6. The first-order valence-electron chi connectivity index (χ1n) is 10.7. The smallest absolute Gasteiger partial charge is 0.254 e. The van der Waals surface area contributed by atoms with Crippen LogP contribution in [0.3, 0.4) is 0 Å². The fourth-order valence-corrected chi connectivity index (χ4v) is 6.35. The molecule has 0 radical (unpaired) electrons. The minimum absolute atomic E-state index is 0.0703. The summed E-state index contributed by atoms with van der Waals surface area (Å²) >= 11 is 0. The van der Waals surface area contributed by atoms with Crippen LogP contribution in [0.2, 0.25) is 0 Å². The van der Waals surface area contributed by atoms with E-state index in [0.29, 0.717) is 41.1 Å². The van der Waals surface area contributed by atoms with Gasteiger partial charge in [-0.3, -0.25) is 9.59 Å². The highest BCUT2D eigenvalue weighted by Crippen LogP contribution is 2.63. The third kappa shape index (κ3) is 2.32. The maximum Gasteiger partial charge on any atom is 0.254 e. The predicted octanol–water partition coefficient (Wildman–Crippen LogP) is 3.24. The van der Waals surface area contributed by atoms with Gasteiger partial charge in [-0.25, -0.2) is 0 Å². The van der Waals surface area contributed by atoms with E-state index in [1.54, 1.807) is 0 Å². The zero-order valence-electron chi connectivity index (χ0n) is 17.8. The summed E-state index contributed by atoms with van der Waals surface area (Å²) in [5.41, 5.74) is 2.88. The van der Waals surface area contributed by atoms with E-state index in [2.05, 4.69) is 24.3 Å². The summed E-state index contributed by atoms with van der Waals surface area (Å²) in [6.45, 7) is 4.48. The summed E-state index contributed by atoms with van der Waals surface area (Å²) in [6, 6.07) is 0. The van der Waals surface area contributed by atoms with Crippen molar-refractivity contribution in [2.75, 3.05) is 20.6 Å². The van der Waals surface area contributed by atoms with Crippen molar-refractivity contribution in [2.24, 2.45) is 5.41 Å². The van der Waals surface area contributed by atoms with E-state index >= 15 is 0 Å². The number of benzene rings is 1. The molecule has 6 rings (SSSR count). The molecule has 6 heteroatoms. The Labute approximate surface area is 171 Å². The van der Waals surface area contributed by atoms with Crippen molar-refractivity contribution in [2.45, 2.75) is 70.1 Å². The monoisotopic (exact) mass is 398 g/mol. The Hall–Kier alpha value is -2.08. The minimum Gasteiger partial charge on any atom is -0.448 e. The quantitative estimate of drug-likeness (QED) is 0.792. The maximum absolute atomic E-state index is 12.5. The van der Waals surface area contributed by atoms with Gasteiger partial charge in [-0.05, 0) is 71.5 Å². The third-order valence-electron chi connectivity index (χ3n) is 8.51. The number of rotatable bonds is 3. The molecular weight excluding hydrogens is 368 g/mol. The summed E-state index contributed by atoms with van der Waals surface area (Å²) in [5, 5.41) is 2.89. The fourth-order valence-electron chi connectivity index (χ4n) is 6.35. The van der Waals surface area contributed by atoms with E-state index in [-0.39, 0.29) is 11.3 Å². The van der Waals surface area contributed by atoms with Crippen LogP contribution in [0.25, 0.3) is 0 Å². The fraction of sp³-hybridized carbons (Fsp3) is 0.652. The highest BCUT2D eigenvalue weighted by atomic mass is 16.7. The molecule has 29 heavy (non-hydrogen) atoms. The first kappa shape index (κ1) is 18.9. The average molecular weight is 399 g/mol. The Morgan fingerprint density at radius 2 is 1.66 bits per heavy atom. The van der Waals surface area contributed by atoms with Gasteiger partial charge in [0.25, 0.3) is 11.7 Å². The van der Waals surface area contributed by atoms with Gasteiger partial charge in [0.1, 0.15) is 0 Å². The molecule has 1 aromatic rings. The number of amides is 1. The number of carbonyl (C=O) groups is 2. The molecule has 3 aliphatic carbocycles. The lowest BCUT2D eigenvalue weighted by Gasteiger charge is -2.59. The number of ether oxygens (including phenoxy) is 2. The standard InChI is InChI=1S/C23H30N2O4/c1-14-17-15(5-12-24-20(17)27)16(13-26)19-18(14)28-21(2,29-19)22-6-9-23(10-7-22,11-8-22)25(3)4/h13H,5-12H2,1-4H3,(H,24,27). The molecule has 0 spiro atoms. The summed E-state index contributed by atoms with van der Waals surface area (Å²) in [6.07, 6.45) is 8.02. The molecular formula is C23H30N2O4. The SMILES string of the molecule is Cc1c2c(c(C=O)c3c1C(=O)NCC3)OC(C)(C13CCC(N(C)C)(CC1)CC3)O2. The van der Waals surface area contributed by atoms with Gasteiger partial charge in [0.2, 0.25) is 0 Å². The van der Waals surface area contributed by atoms with Crippen molar-refractivity contribution in [3.63, 3.8) is 0 Å². The van der Waals surface area contributed by atoms with Crippen molar-refractivity contribution >= 4 is 12.2 Å². The number of fused-ring (bicyclic) bond motifs is 5. The van der Waals surface area contributed by atoms with Gasteiger partial charge in [0.05, 0.1) is 11.1 Å². The average Bonchev–Trinajstić information content (AvgIpc) is 3.09. The summed E-state index contributed by atoms with van der Waals surface area (Å²) < 4.78 is 13.1. The van der Waals surface area contributed by atoms with Gasteiger partial charge >= 0.3 is 0 Å². The third-order valence-corrected chi connectivity index (χ3v) is 8.51. The number of aldehydes is 1. The molecule has 1 N–H and O–H groups in total. The van der Waals surface area contributed by atoms with Gasteiger partial charge in [-0.15, -0.1) is 0 Å². The second kappa shape index (κ2) is 5.97. The molecule has 1 amide bonds. The molecule has 2 aliphatic heterocycles. The van der Waals surface area contributed by atoms with Crippen LogP contribution in [0, 0.1) is 12.3 Å². The van der Waals surface area contributed by atoms with Crippen LogP contribution in [-0.2, 0) is 6.42 Å². The van der Waals surface area contributed by atoms with Gasteiger partial charge in [-0.2, -0.15) is 0 Å². The molecule has 3 fully saturated rings. The van der Waals surface area contributed by atoms with Gasteiger partial charge in [0, 0.05) is 30.0 Å². The molecule has 3 saturated carbocycles. The van der Waals surface area contributed by atoms with Crippen LogP contribution in [-0.4, -0.2) is 49.1 Å². The molecule has 156 valence electrons. The number of nitrogens with one attached hydrogen (secondary N) is 1. The number of hydrogen-bond acceptors (Lipinski definition) is 5. The first-order chi connectivity index (χ1) is 13.8. The van der Waals surface area contributed by atoms with Crippen molar-refractivity contribution in [3.05, 3.63) is 22.3 Å². The van der Waals surface area contributed by atoms with Crippen LogP contribution < -0.4 is 14.8 Å². The van der Waals surface area contributed by atoms with Crippen molar-refractivity contribution in [3.8, 4) is 11.5 Å². The lowest BCUT2D eigenvalue weighted by molar-refractivity contribution is -0.211. The summed E-state index contributed by atoms with van der Waals surface area (Å²) in [5.74, 6) is 0.181. The lowest BCUT2D eigenvalue weighted by atomic mass is 9.54. The molecule has 1 aromatic carbocycles. The van der Waals surface area contributed by atoms with Crippen molar-refractivity contribution in [1.82, 2.24) is 10.2 Å². The molecule has 6 nitrogen and oxygen atoms in total. The first-order valence-corrected chi connectivity index (χ1v) is 10.7. The van der Waals surface area contributed by atoms with Gasteiger partial charge in [-0.1, -0.05) is 0 Å². The lowest BCUT2D eigenvalue weighted by Crippen LogP contribution is -2.62. The topological polar surface area (TPSA) is 67.9 Å². The van der Waals surface area contributed by atoms with Crippen LogP contribution in [0.5, 0.6) is 11.5 Å². The Balaban J connectivity index is 1.56. The van der Waals surface area contributed by atoms with Crippen LogP contribution >= 0.6 is 0 Å². The Morgan fingerprint density at radius 3 is 2.24 bits per heavy atom. The molecule has 1 atom stereocenters. The molecule has 2 heterocycles. The van der Waals surface area contributed by atoms with Crippen LogP contribution in [0.1, 0.15) is 77.3 Å². The Morgan fingerprint density at radius 1 is 1.03 bits per heavy atom. The Bertz CT molecular complexity index is 898. The van der Waals surface area contributed by atoms with E-state index in [9.17, 15) is 9.59 Å². The van der Waals surface area contributed by atoms with E-state index in [1.807, 2.05) is 13.8 Å². The predicted molar refractivity (Wildman–Crippen MR) is 109 cm³/mol. The highest BCUT2D eigenvalue weighted by molar-refractivity contribution is 6.02. The molecule has 5 aliphatic rings. The van der Waals surface area contributed by atoms with E-state index < -0.39 is 5.79 Å². The highest BCUT2D eigenvalue weighted by Gasteiger charge is 2.62. The van der Waals surface area contributed by atoms with Crippen LogP contribution in [0.4, 0.5) is 0 Å². The normalized spacial score (nSPS) is 34.9. The molecule has 2 bridgehead atoms. The van der Waals surface area contributed by atoms with E-state index in [4.69, 9.17) is 9.47 Å². The maximum atomic E-state index is 12.5. The number of carbonyl (C=O) groups excluding carboxylic acids is 2. The largest absolute Gasteiger partial charge is 0.448 e. The number of hydrogen-bond donors (Lipinski definition) is 1. The van der Waals surface area contributed by atoms with Crippen LogP contribution in [0.15, 0.2) is 0 Å². The zero-order valence-corrected chi connectivity index (χ0v) is 17.8. The Kier molecular flexibility index (Phi) is 3.90. The van der Waals surface area contributed by atoms with E-state index in [1.165, 1.54) is 0 Å². The van der Waals surface area contributed by atoms with Gasteiger partial charge < -0.3 is 19.7 Å². The van der Waals surface area contributed by atoms with Crippen molar-refractivity contribution in [1.29, 1.82) is 0 Å². The molecule has 1 unspecified atom stereocenters. The summed E-state index contributed by atoms with van der Waals surface area (Å²) in [7, 11) is 4.38. The minimum atomic E-state index is -0.808. The van der Waals surface area contributed by atoms with Gasteiger partial charge in [0.15, 0.2) is 17.8 Å². The molecule has 0 aromatic heterocycles. The number of nitrogens with zero attached hydrogens (tertiary/aromatic N) is 1. The van der Waals surface area contributed by atoms with Crippen molar-refractivity contribution < 1.29 is 19.1 Å². The van der Waals surface area contributed by atoms with E-state index in [0.717, 1.165) is 55.9 Å². The second-order valence-corrected chi connectivity index (χ2v) is 9.72. The molecule has 0 saturated heterocycles. The summed E-state index contributed by atoms with van der Waals surface area (Å²) in [4.78, 5) is 27.0.